The minimum atomic E-state index is -2.86. The second kappa shape index (κ2) is 6.65. The highest BCUT2D eigenvalue weighted by Crippen LogP contribution is 2.16. The summed E-state index contributed by atoms with van der Waals surface area (Å²) >= 11 is 0. The van der Waals surface area contributed by atoms with E-state index in [0.717, 1.165) is 19.5 Å². The van der Waals surface area contributed by atoms with Gasteiger partial charge in [-0.2, -0.15) is 8.78 Å². The molecule has 2 rings (SSSR count). The zero-order valence-corrected chi connectivity index (χ0v) is 11.2. The molecule has 1 aromatic carbocycles. The Morgan fingerprint density at radius 3 is 2.70 bits per heavy atom. The van der Waals surface area contributed by atoms with Gasteiger partial charge < -0.3 is 15.4 Å². The van der Waals surface area contributed by atoms with Crippen molar-refractivity contribution in [3.63, 3.8) is 0 Å². The van der Waals surface area contributed by atoms with Gasteiger partial charge in [-0.1, -0.05) is 6.92 Å². The van der Waals surface area contributed by atoms with Crippen LogP contribution < -0.4 is 15.4 Å². The van der Waals surface area contributed by atoms with E-state index in [0.29, 0.717) is 11.5 Å². The fourth-order valence-electron chi connectivity index (χ4n) is 2.27. The van der Waals surface area contributed by atoms with Crippen LogP contribution in [0.3, 0.4) is 0 Å². The summed E-state index contributed by atoms with van der Waals surface area (Å²) in [7, 11) is 0. The predicted molar refractivity (Wildman–Crippen MR) is 71.0 cm³/mol. The van der Waals surface area contributed by atoms with Crippen LogP contribution in [0.5, 0.6) is 5.75 Å². The van der Waals surface area contributed by atoms with Gasteiger partial charge in [-0.15, -0.1) is 0 Å². The van der Waals surface area contributed by atoms with Crippen molar-refractivity contribution in [2.24, 2.45) is 5.92 Å². The fraction of sp³-hybridized carbons (Fsp3) is 0.500. The average Bonchev–Trinajstić information content (AvgIpc) is 2.41. The third-order valence-electron chi connectivity index (χ3n) is 3.44. The second-order valence-corrected chi connectivity index (χ2v) is 4.95. The molecule has 0 radical (unpaired) electrons. The van der Waals surface area contributed by atoms with E-state index in [1.54, 1.807) is 0 Å². The van der Waals surface area contributed by atoms with Gasteiger partial charge in [0.1, 0.15) is 5.75 Å². The smallest absolute Gasteiger partial charge is 0.387 e. The predicted octanol–water partition coefficient (Wildman–Crippen LogP) is 2.02. The Morgan fingerprint density at radius 1 is 1.40 bits per heavy atom. The molecule has 2 unspecified atom stereocenters. The van der Waals surface area contributed by atoms with E-state index in [1.165, 1.54) is 24.3 Å². The van der Waals surface area contributed by atoms with Gasteiger partial charge in [-0.3, -0.25) is 4.79 Å². The molecule has 2 N–H and O–H groups in total. The number of carbonyl (C=O) groups is 1. The minimum Gasteiger partial charge on any atom is -0.435 e. The Labute approximate surface area is 116 Å². The zero-order valence-electron chi connectivity index (χ0n) is 11.2. The lowest BCUT2D eigenvalue weighted by atomic mass is 9.95. The van der Waals surface area contributed by atoms with Crippen LogP contribution in [-0.4, -0.2) is 31.7 Å². The van der Waals surface area contributed by atoms with Gasteiger partial charge in [0.15, 0.2) is 0 Å². The molecular weight excluding hydrogens is 266 g/mol. The summed E-state index contributed by atoms with van der Waals surface area (Å²) < 4.78 is 28.3. The number of hydrogen-bond acceptors (Lipinski definition) is 3. The maximum Gasteiger partial charge on any atom is 0.387 e. The molecule has 0 aromatic heterocycles. The number of alkyl halides is 2. The summed E-state index contributed by atoms with van der Waals surface area (Å²) in [6, 6.07) is 5.85. The van der Waals surface area contributed by atoms with Crippen molar-refractivity contribution in [1.29, 1.82) is 0 Å². The fourth-order valence-corrected chi connectivity index (χ4v) is 2.27. The van der Waals surface area contributed by atoms with Crippen LogP contribution in [0.4, 0.5) is 8.78 Å². The molecule has 1 aliphatic rings. The molecule has 1 saturated heterocycles. The Hall–Kier alpha value is -1.69. The first-order chi connectivity index (χ1) is 9.56. The molecule has 4 nitrogen and oxygen atoms in total. The number of carbonyl (C=O) groups excluding carboxylic acids is 1. The topological polar surface area (TPSA) is 50.4 Å². The van der Waals surface area contributed by atoms with E-state index >= 15 is 0 Å². The Morgan fingerprint density at radius 2 is 2.10 bits per heavy atom. The highest BCUT2D eigenvalue weighted by Gasteiger charge is 2.23. The van der Waals surface area contributed by atoms with Crippen LogP contribution in [0.15, 0.2) is 24.3 Å². The number of nitrogens with one attached hydrogen (secondary N) is 2. The highest BCUT2D eigenvalue weighted by molar-refractivity contribution is 5.94. The molecule has 1 heterocycles. The molecule has 0 saturated carbocycles. The molecule has 1 aromatic rings. The normalized spacial score (nSPS) is 22.6. The molecule has 1 fully saturated rings. The Balaban J connectivity index is 1.95. The maximum atomic E-state index is 12.1. The van der Waals surface area contributed by atoms with Gasteiger partial charge in [0.2, 0.25) is 0 Å². The lowest BCUT2D eigenvalue weighted by Crippen LogP contribution is -2.48. The van der Waals surface area contributed by atoms with Gasteiger partial charge in [0.05, 0.1) is 0 Å². The average molecular weight is 284 g/mol. The van der Waals surface area contributed by atoms with E-state index in [4.69, 9.17) is 0 Å². The summed E-state index contributed by atoms with van der Waals surface area (Å²) in [4.78, 5) is 12.1. The van der Waals surface area contributed by atoms with E-state index in [9.17, 15) is 13.6 Å². The summed E-state index contributed by atoms with van der Waals surface area (Å²) in [5.74, 6) is 0.230. The van der Waals surface area contributed by atoms with Crippen LogP contribution in [-0.2, 0) is 0 Å². The number of amides is 1. The van der Waals surface area contributed by atoms with E-state index in [2.05, 4.69) is 22.3 Å². The quantitative estimate of drug-likeness (QED) is 0.889. The van der Waals surface area contributed by atoms with Crippen molar-refractivity contribution in [3.8, 4) is 5.75 Å². The number of halogens is 2. The molecule has 110 valence electrons. The molecule has 0 bridgehead atoms. The number of rotatable bonds is 4. The van der Waals surface area contributed by atoms with Crippen molar-refractivity contribution in [1.82, 2.24) is 10.6 Å². The highest BCUT2D eigenvalue weighted by atomic mass is 19.3. The molecule has 1 aliphatic heterocycles. The number of benzene rings is 1. The first kappa shape index (κ1) is 14.7. The molecule has 0 spiro atoms. The summed E-state index contributed by atoms with van der Waals surface area (Å²) in [5.41, 5.74) is 0.442. The van der Waals surface area contributed by atoms with Gasteiger partial charge in [-0.05, 0) is 49.7 Å². The van der Waals surface area contributed by atoms with Crippen molar-refractivity contribution in [2.45, 2.75) is 26.0 Å². The molecule has 2 atom stereocenters. The molecule has 0 aliphatic carbocycles. The number of piperidine rings is 1. The van der Waals surface area contributed by atoms with Crippen molar-refractivity contribution in [3.05, 3.63) is 29.8 Å². The third-order valence-corrected chi connectivity index (χ3v) is 3.44. The molecular formula is C14H18F2N2O2. The van der Waals surface area contributed by atoms with Crippen LogP contribution in [0.25, 0.3) is 0 Å². The van der Waals surface area contributed by atoms with Crippen LogP contribution in [0, 0.1) is 5.92 Å². The zero-order chi connectivity index (χ0) is 14.5. The van der Waals surface area contributed by atoms with E-state index < -0.39 is 6.61 Å². The summed E-state index contributed by atoms with van der Waals surface area (Å²) in [5, 5.41) is 6.24. The van der Waals surface area contributed by atoms with E-state index in [1.807, 2.05) is 0 Å². The van der Waals surface area contributed by atoms with Gasteiger partial charge in [0.25, 0.3) is 5.91 Å². The van der Waals surface area contributed by atoms with Gasteiger partial charge >= 0.3 is 6.61 Å². The molecule has 20 heavy (non-hydrogen) atoms. The van der Waals surface area contributed by atoms with Crippen molar-refractivity contribution in [2.75, 3.05) is 13.1 Å². The lowest BCUT2D eigenvalue weighted by Gasteiger charge is -2.30. The van der Waals surface area contributed by atoms with Gasteiger partial charge in [-0.25, -0.2) is 0 Å². The Kier molecular flexibility index (Phi) is 4.89. The van der Waals surface area contributed by atoms with Crippen LogP contribution >= 0.6 is 0 Å². The SMILES string of the molecule is CC1CNCCC1NC(=O)c1ccc(OC(F)F)cc1. The summed E-state index contributed by atoms with van der Waals surface area (Å²) in [6.07, 6.45) is 0.888. The summed E-state index contributed by atoms with van der Waals surface area (Å²) in [6.45, 7) is 0.990. The van der Waals surface area contributed by atoms with Gasteiger partial charge in [0, 0.05) is 11.6 Å². The second-order valence-electron chi connectivity index (χ2n) is 4.95. The Bertz CT molecular complexity index is 451. The van der Waals surface area contributed by atoms with E-state index in [-0.39, 0.29) is 17.7 Å². The first-order valence-electron chi connectivity index (χ1n) is 6.62. The monoisotopic (exact) mass is 284 g/mol. The number of hydrogen-bond donors (Lipinski definition) is 2. The lowest BCUT2D eigenvalue weighted by molar-refractivity contribution is -0.0498. The maximum absolute atomic E-state index is 12.1. The standard InChI is InChI=1S/C14H18F2N2O2/c1-9-8-17-7-6-12(9)18-13(19)10-2-4-11(5-3-10)20-14(15)16/h2-5,9,12,14,17H,6-8H2,1H3,(H,18,19). The molecule has 6 heteroatoms. The third kappa shape index (κ3) is 3.90. The van der Waals surface area contributed by atoms with Crippen LogP contribution in [0.1, 0.15) is 23.7 Å². The molecule has 1 amide bonds. The minimum absolute atomic E-state index is 0.0479. The first-order valence-corrected chi connectivity index (χ1v) is 6.62. The van der Waals surface area contributed by atoms with Crippen LogP contribution in [0.2, 0.25) is 0 Å². The largest absolute Gasteiger partial charge is 0.435 e. The van der Waals surface area contributed by atoms with Crippen molar-refractivity contribution < 1.29 is 18.3 Å². The number of ether oxygens (including phenoxy) is 1. The van der Waals surface area contributed by atoms with Crippen molar-refractivity contribution >= 4 is 5.91 Å².